The molecule has 7 heteroatoms. The molecule has 134 valence electrons. The maximum atomic E-state index is 12.4. The van der Waals surface area contributed by atoms with Gasteiger partial charge in [-0.2, -0.15) is 0 Å². The molecule has 5 nitrogen and oxygen atoms in total. The summed E-state index contributed by atoms with van der Waals surface area (Å²) in [5.74, 6) is -1.12. The van der Waals surface area contributed by atoms with Crippen molar-refractivity contribution in [1.29, 1.82) is 0 Å². The van der Waals surface area contributed by atoms with Crippen LogP contribution in [0.1, 0.15) is 38.8 Å². The second kappa shape index (κ2) is 8.45. The maximum Gasteiger partial charge on any atom is 0.305 e. The van der Waals surface area contributed by atoms with Gasteiger partial charge in [0.15, 0.2) is 0 Å². The summed E-state index contributed by atoms with van der Waals surface area (Å²) >= 11 is 7.35. The third-order valence-electron chi connectivity index (χ3n) is 4.23. The summed E-state index contributed by atoms with van der Waals surface area (Å²) in [5, 5.41) is 15.3. The average molecular weight is 381 g/mol. The van der Waals surface area contributed by atoms with Gasteiger partial charge in [0.2, 0.25) is 5.91 Å². The van der Waals surface area contributed by atoms with Gasteiger partial charge in [0.1, 0.15) is 5.01 Å². The second-order valence-electron chi connectivity index (χ2n) is 5.93. The highest BCUT2D eigenvalue weighted by Gasteiger charge is 2.31. The molecule has 1 heterocycles. The van der Waals surface area contributed by atoms with Gasteiger partial charge in [-0.05, 0) is 25.0 Å². The molecule has 25 heavy (non-hydrogen) atoms. The third-order valence-corrected chi connectivity index (χ3v) is 5.42. The van der Waals surface area contributed by atoms with Gasteiger partial charge in [-0.1, -0.05) is 37.6 Å². The minimum absolute atomic E-state index is 0.0845. The highest BCUT2D eigenvalue weighted by Crippen LogP contribution is 2.26. The van der Waals surface area contributed by atoms with E-state index in [-0.39, 0.29) is 18.7 Å². The van der Waals surface area contributed by atoms with E-state index in [1.54, 1.807) is 12.1 Å². The number of carbonyl (C=O) groups excluding carboxylic acids is 1. The number of amides is 1. The minimum Gasteiger partial charge on any atom is -0.481 e. The molecular weight excluding hydrogens is 360 g/mol. The van der Waals surface area contributed by atoms with Gasteiger partial charge in [0.25, 0.3) is 0 Å². The molecule has 0 aliphatic carbocycles. The van der Waals surface area contributed by atoms with Crippen molar-refractivity contribution in [2.45, 2.75) is 45.1 Å². The average Bonchev–Trinajstić information content (AvgIpc) is 3.02. The van der Waals surface area contributed by atoms with Gasteiger partial charge in [-0.25, -0.2) is 4.98 Å². The van der Waals surface area contributed by atoms with E-state index in [9.17, 15) is 9.59 Å². The normalized spacial score (nSPS) is 11.3. The number of halogens is 1. The van der Waals surface area contributed by atoms with Crippen LogP contribution < -0.4 is 5.32 Å². The predicted octanol–water partition coefficient (Wildman–Crippen LogP) is 4.16. The third kappa shape index (κ3) is 5.28. The van der Waals surface area contributed by atoms with Gasteiger partial charge < -0.3 is 10.4 Å². The Bertz CT molecular complexity index is 739. The largest absolute Gasteiger partial charge is 0.481 e. The molecule has 2 aromatic rings. The number of aromatic nitrogens is 1. The van der Waals surface area contributed by atoms with Gasteiger partial charge in [-0.3, -0.25) is 9.59 Å². The van der Waals surface area contributed by atoms with Crippen LogP contribution in [0.3, 0.4) is 0 Å². The summed E-state index contributed by atoms with van der Waals surface area (Å²) in [6.07, 6.45) is 1.17. The van der Waals surface area contributed by atoms with Gasteiger partial charge in [0, 0.05) is 21.5 Å². The van der Waals surface area contributed by atoms with Crippen LogP contribution in [-0.2, 0) is 16.0 Å². The van der Waals surface area contributed by atoms with Crippen molar-refractivity contribution >= 4 is 34.8 Å². The Morgan fingerprint density at radius 2 is 1.88 bits per heavy atom. The Morgan fingerprint density at radius 3 is 2.44 bits per heavy atom. The van der Waals surface area contributed by atoms with E-state index < -0.39 is 11.5 Å². The first-order valence-electron chi connectivity index (χ1n) is 8.10. The fraction of sp³-hybridized carbons (Fsp3) is 0.389. The van der Waals surface area contributed by atoms with E-state index in [0.29, 0.717) is 23.6 Å². The molecule has 0 aliphatic heterocycles. The van der Waals surface area contributed by atoms with Crippen LogP contribution in [0, 0.1) is 0 Å². The molecule has 0 fully saturated rings. The number of rotatable bonds is 8. The molecular formula is C18H21ClN2O3S. The van der Waals surface area contributed by atoms with E-state index in [2.05, 4.69) is 10.3 Å². The van der Waals surface area contributed by atoms with Crippen LogP contribution in [-0.4, -0.2) is 27.5 Å². The Kier molecular flexibility index (Phi) is 6.56. The van der Waals surface area contributed by atoms with E-state index in [0.717, 1.165) is 10.6 Å². The lowest BCUT2D eigenvalue weighted by Gasteiger charge is -2.31. The molecule has 0 unspecified atom stereocenters. The summed E-state index contributed by atoms with van der Waals surface area (Å²) in [6, 6.07) is 7.37. The van der Waals surface area contributed by atoms with E-state index in [4.69, 9.17) is 16.7 Å². The standard InChI is InChI=1S/C18H21ClN2O3S/c1-3-18(4-2,10-16(23)24)21-15(22)9-14-11-25-17(20-14)12-5-7-13(19)8-6-12/h5-8,11H,3-4,9-10H2,1-2H3,(H,21,22)(H,23,24). The van der Waals surface area contributed by atoms with Gasteiger partial charge >= 0.3 is 5.97 Å². The Labute approximate surface area is 156 Å². The van der Waals surface area contributed by atoms with Crippen molar-refractivity contribution in [2.75, 3.05) is 0 Å². The quantitative estimate of drug-likeness (QED) is 0.720. The van der Waals surface area contributed by atoms with Crippen molar-refractivity contribution in [3.63, 3.8) is 0 Å². The topological polar surface area (TPSA) is 79.3 Å². The Morgan fingerprint density at radius 1 is 1.24 bits per heavy atom. The SMILES string of the molecule is CCC(CC)(CC(=O)O)NC(=O)Cc1csc(-c2ccc(Cl)cc2)n1. The van der Waals surface area contributed by atoms with Gasteiger partial charge in [0.05, 0.1) is 18.5 Å². The smallest absolute Gasteiger partial charge is 0.305 e. The second-order valence-corrected chi connectivity index (χ2v) is 7.23. The molecule has 2 N–H and O–H groups in total. The first kappa shape index (κ1) is 19.4. The number of carbonyl (C=O) groups is 2. The van der Waals surface area contributed by atoms with Crippen molar-refractivity contribution in [2.24, 2.45) is 0 Å². The molecule has 0 atom stereocenters. The van der Waals surface area contributed by atoms with Crippen molar-refractivity contribution in [1.82, 2.24) is 10.3 Å². The lowest BCUT2D eigenvalue weighted by Crippen LogP contribution is -2.49. The molecule has 1 aromatic carbocycles. The number of nitrogens with zero attached hydrogens (tertiary/aromatic N) is 1. The fourth-order valence-electron chi connectivity index (χ4n) is 2.63. The number of thiazole rings is 1. The van der Waals surface area contributed by atoms with Crippen molar-refractivity contribution < 1.29 is 14.7 Å². The Hall–Kier alpha value is -1.92. The monoisotopic (exact) mass is 380 g/mol. The highest BCUT2D eigenvalue weighted by molar-refractivity contribution is 7.13. The molecule has 0 spiro atoms. The van der Waals surface area contributed by atoms with E-state index >= 15 is 0 Å². The van der Waals surface area contributed by atoms with Crippen LogP contribution in [0.4, 0.5) is 0 Å². The predicted molar refractivity (Wildman–Crippen MR) is 100.0 cm³/mol. The lowest BCUT2D eigenvalue weighted by atomic mass is 9.88. The zero-order valence-corrected chi connectivity index (χ0v) is 15.8. The number of aliphatic carboxylic acids is 1. The first-order valence-corrected chi connectivity index (χ1v) is 9.36. The fourth-order valence-corrected chi connectivity index (χ4v) is 3.58. The van der Waals surface area contributed by atoms with Crippen LogP contribution in [0.25, 0.3) is 10.6 Å². The molecule has 0 aliphatic rings. The van der Waals surface area contributed by atoms with Crippen molar-refractivity contribution in [3.8, 4) is 10.6 Å². The zero-order chi connectivity index (χ0) is 18.4. The molecule has 1 amide bonds. The van der Waals surface area contributed by atoms with Crippen LogP contribution >= 0.6 is 22.9 Å². The maximum absolute atomic E-state index is 12.4. The summed E-state index contributed by atoms with van der Waals surface area (Å²) in [6.45, 7) is 3.77. The molecule has 0 bridgehead atoms. The van der Waals surface area contributed by atoms with Crippen molar-refractivity contribution in [3.05, 3.63) is 40.4 Å². The number of benzene rings is 1. The molecule has 0 saturated carbocycles. The molecule has 0 radical (unpaired) electrons. The Balaban J connectivity index is 2.05. The first-order chi connectivity index (χ1) is 11.9. The van der Waals surface area contributed by atoms with Gasteiger partial charge in [-0.15, -0.1) is 11.3 Å². The summed E-state index contributed by atoms with van der Waals surface area (Å²) < 4.78 is 0. The summed E-state index contributed by atoms with van der Waals surface area (Å²) in [5.41, 5.74) is 0.907. The molecule has 2 rings (SSSR count). The van der Waals surface area contributed by atoms with E-state index in [1.165, 1.54) is 11.3 Å². The lowest BCUT2D eigenvalue weighted by molar-refractivity contribution is -0.139. The molecule has 1 aromatic heterocycles. The van der Waals surface area contributed by atoms with E-state index in [1.807, 2.05) is 31.4 Å². The number of nitrogens with one attached hydrogen (secondary N) is 1. The summed E-state index contributed by atoms with van der Waals surface area (Å²) in [4.78, 5) is 27.9. The number of hydrogen-bond donors (Lipinski definition) is 2. The number of carboxylic acid groups (broad SMARTS) is 1. The number of carboxylic acids is 1. The molecule has 0 saturated heterocycles. The van der Waals surface area contributed by atoms with Crippen LogP contribution in [0.15, 0.2) is 29.6 Å². The zero-order valence-electron chi connectivity index (χ0n) is 14.2. The highest BCUT2D eigenvalue weighted by atomic mass is 35.5. The summed E-state index contributed by atoms with van der Waals surface area (Å²) in [7, 11) is 0. The van der Waals surface area contributed by atoms with Crippen LogP contribution in [0.5, 0.6) is 0 Å². The van der Waals surface area contributed by atoms with Crippen LogP contribution in [0.2, 0.25) is 5.02 Å². The minimum atomic E-state index is -0.914. The number of hydrogen-bond acceptors (Lipinski definition) is 4.